The summed E-state index contributed by atoms with van der Waals surface area (Å²) in [5, 5.41) is 3.44. The number of ether oxygens (including phenoxy) is 2. The second-order valence-corrected chi connectivity index (χ2v) is 5.71. The van der Waals surface area contributed by atoms with Crippen LogP contribution in [-0.2, 0) is 11.3 Å². The smallest absolute Gasteiger partial charge is 0.387 e. The summed E-state index contributed by atoms with van der Waals surface area (Å²) in [5.74, 6) is 0.241. The molecule has 21 heavy (non-hydrogen) atoms. The van der Waals surface area contributed by atoms with Gasteiger partial charge in [0.25, 0.3) is 0 Å². The molecule has 2 atom stereocenters. The van der Waals surface area contributed by atoms with E-state index in [1.165, 1.54) is 0 Å². The maximum absolute atomic E-state index is 12.4. The largest absolute Gasteiger partial charge is 0.434 e. The van der Waals surface area contributed by atoms with E-state index >= 15 is 0 Å². The van der Waals surface area contributed by atoms with Crippen molar-refractivity contribution in [3.63, 3.8) is 0 Å². The minimum Gasteiger partial charge on any atom is -0.434 e. The van der Waals surface area contributed by atoms with Crippen LogP contribution in [0, 0.1) is 0 Å². The highest BCUT2D eigenvalue weighted by Gasteiger charge is 2.31. The van der Waals surface area contributed by atoms with Crippen molar-refractivity contribution in [3.05, 3.63) is 29.8 Å². The van der Waals surface area contributed by atoms with Crippen molar-refractivity contribution in [3.8, 4) is 5.75 Å². The maximum Gasteiger partial charge on any atom is 0.387 e. The molecule has 0 bridgehead atoms. The molecule has 2 unspecified atom stereocenters. The van der Waals surface area contributed by atoms with Gasteiger partial charge in [-0.1, -0.05) is 25.1 Å². The maximum atomic E-state index is 12.4. The number of halogens is 2. The van der Waals surface area contributed by atoms with Gasteiger partial charge in [-0.3, -0.25) is 0 Å². The van der Waals surface area contributed by atoms with Gasteiger partial charge in [0.05, 0.1) is 5.60 Å². The molecule has 1 aliphatic heterocycles. The molecule has 0 spiro atoms. The molecule has 1 heterocycles. The Kier molecular flexibility index (Phi) is 5.53. The van der Waals surface area contributed by atoms with Crippen molar-refractivity contribution in [2.75, 3.05) is 6.61 Å². The summed E-state index contributed by atoms with van der Waals surface area (Å²) in [6.45, 7) is 2.70. The van der Waals surface area contributed by atoms with Gasteiger partial charge in [-0.2, -0.15) is 8.78 Å². The number of hydrogen-bond donors (Lipinski definition) is 1. The van der Waals surface area contributed by atoms with E-state index < -0.39 is 6.61 Å². The molecule has 0 saturated carbocycles. The fourth-order valence-corrected chi connectivity index (χ4v) is 2.67. The zero-order valence-corrected chi connectivity index (χ0v) is 12.6. The zero-order valence-electron chi connectivity index (χ0n) is 12.6. The first-order chi connectivity index (χ1) is 10.0. The van der Waals surface area contributed by atoms with E-state index in [-0.39, 0.29) is 11.4 Å². The van der Waals surface area contributed by atoms with Crippen molar-refractivity contribution in [2.24, 2.45) is 0 Å². The van der Waals surface area contributed by atoms with E-state index in [9.17, 15) is 8.78 Å². The van der Waals surface area contributed by atoms with E-state index in [0.717, 1.165) is 31.4 Å². The minimum absolute atomic E-state index is 0.0884. The molecular weight excluding hydrogens is 276 g/mol. The fraction of sp³-hybridized carbons (Fsp3) is 0.625. The number of benzene rings is 1. The van der Waals surface area contributed by atoms with Gasteiger partial charge < -0.3 is 14.8 Å². The molecular formula is C16H23F2NO2. The van der Waals surface area contributed by atoms with E-state index in [4.69, 9.17) is 4.74 Å². The molecule has 3 nitrogen and oxygen atoms in total. The predicted molar refractivity (Wildman–Crippen MR) is 77.6 cm³/mol. The molecule has 1 N–H and O–H groups in total. The first-order valence-corrected chi connectivity index (χ1v) is 7.42. The summed E-state index contributed by atoms with van der Waals surface area (Å²) >= 11 is 0. The number of nitrogens with one attached hydrogen (secondary N) is 1. The normalized spacial score (nSPS) is 26.0. The summed E-state index contributed by atoms with van der Waals surface area (Å²) in [6, 6.07) is 7.24. The summed E-state index contributed by atoms with van der Waals surface area (Å²) in [5.41, 5.74) is 0.664. The monoisotopic (exact) mass is 299 g/mol. The molecule has 1 fully saturated rings. The summed E-state index contributed by atoms with van der Waals surface area (Å²) in [6.07, 6.45) is 2.84. The van der Waals surface area contributed by atoms with Crippen molar-refractivity contribution in [1.82, 2.24) is 5.32 Å². The second kappa shape index (κ2) is 7.18. The van der Waals surface area contributed by atoms with Gasteiger partial charge in [0.15, 0.2) is 0 Å². The van der Waals surface area contributed by atoms with Crippen LogP contribution in [-0.4, -0.2) is 24.9 Å². The lowest BCUT2D eigenvalue weighted by molar-refractivity contribution is -0.0782. The van der Waals surface area contributed by atoms with Crippen LogP contribution in [0.4, 0.5) is 8.78 Å². The second-order valence-electron chi connectivity index (χ2n) is 5.71. The summed E-state index contributed by atoms with van der Waals surface area (Å²) < 4.78 is 35.1. The Morgan fingerprint density at radius 1 is 1.43 bits per heavy atom. The first-order valence-electron chi connectivity index (χ1n) is 7.42. The fourth-order valence-electron chi connectivity index (χ4n) is 2.67. The van der Waals surface area contributed by atoms with Crippen LogP contribution < -0.4 is 10.1 Å². The Bertz CT molecular complexity index is 456. The zero-order chi connectivity index (χ0) is 15.3. The highest BCUT2D eigenvalue weighted by atomic mass is 19.3. The number of para-hydroxylation sites is 1. The van der Waals surface area contributed by atoms with E-state index in [0.29, 0.717) is 12.6 Å². The highest BCUT2D eigenvalue weighted by Crippen LogP contribution is 2.28. The quantitative estimate of drug-likeness (QED) is 0.868. The molecule has 0 amide bonds. The van der Waals surface area contributed by atoms with Crippen LogP contribution in [0.2, 0.25) is 0 Å². The predicted octanol–water partition coefficient (Wildman–Crippen LogP) is 3.73. The van der Waals surface area contributed by atoms with Gasteiger partial charge in [0, 0.05) is 24.8 Å². The third kappa shape index (κ3) is 4.64. The van der Waals surface area contributed by atoms with Gasteiger partial charge >= 0.3 is 6.61 Å². The lowest BCUT2D eigenvalue weighted by atomic mass is 9.90. The summed E-state index contributed by atoms with van der Waals surface area (Å²) in [4.78, 5) is 0. The van der Waals surface area contributed by atoms with Crippen molar-refractivity contribution < 1.29 is 18.3 Å². The molecule has 1 saturated heterocycles. The third-order valence-corrected chi connectivity index (χ3v) is 4.11. The molecule has 2 rings (SSSR count). The Hall–Kier alpha value is -1.20. The van der Waals surface area contributed by atoms with Gasteiger partial charge in [0.2, 0.25) is 0 Å². The lowest BCUT2D eigenvalue weighted by Gasteiger charge is -2.38. The number of alkyl halides is 2. The molecule has 1 aromatic carbocycles. The SMILES string of the molecule is CCC1(C)CC(NCc2ccccc2OC(F)F)CCO1. The Labute approximate surface area is 124 Å². The van der Waals surface area contributed by atoms with E-state index in [2.05, 4.69) is 23.9 Å². The highest BCUT2D eigenvalue weighted by molar-refractivity contribution is 5.33. The van der Waals surface area contributed by atoms with Gasteiger partial charge in [-0.05, 0) is 32.3 Å². The van der Waals surface area contributed by atoms with Crippen molar-refractivity contribution >= 4 is 0 Å². The van der Waals surface area contributed by atoms with Crippen LogP contribution in [0.3, 0.4) is 0 Å². The van der Waals surface area contributed by atoms with Crippen molar-refractivity contribution in [1.29, 1.82) is 0 Å². The first kappa shape index (κ1) is 16.2. The Morgan fingerprint density at radius 3 is 2.90 bits per heavy atom. The molecule has 1 aromatic rings. The topological polar surface area (TPSA) is 30.5 Å². The minimum atomic E-state index is -2.79. The molecule has 1 aliphatic rings. The Balaban J connectivity index is 1.94. The molecule has 0 aliphatic carbocycles. The average Bonchev–Trinajstić information content (AvgIpc) is 2.46. The average molecular weight is 299 g/mol. The van der Waals surface area contributed by atoms with Gasteiger partial charge in [-0.15, -0.1) is 0 Å². The summed E-state index contributed by atoms with van der Waals surface area (Å²) in [7, 11) is 0. The lowest BCUT2D eigenvalue weighted by Crippen LogP contribution is -2.44. The van der Waals surface area contributed by atoms with Crippen LogP contribution in [0.25, 0.3) is 0 Å². The van der Waals surface area contributed by atoms with Gasteiger partial charge in [0.1, 0.15) is 5.75 Å². The van der Waals surface area contributed by atoms with Crippen molar-refractivity contribution in [2.45, 2.75) is 57.9 Å². The number of rotatable bonds is 6. The molecule has 0 radical (unpaired) electrons. The van der Waals surface area contributed by atoms with Crippen LogP contribution in [0.1, 0.15) is 38.7 Å². The standard InChI is InChI=1S/C16H23F2NO2/c1-3-16(2)10-13(8-9-20-16)19-11-12-6-4-5-7-14(12)21-15(17)18/h4-7,13,15,19H,3,8-11H2,1-2H3. The molecule has 118 valence electrons. The van der Waals surface area contributed by atoms with Crippen LogP contribution >= 0.6 is 0 Å². The van der Waals surface area contributed by atoms with Gasteiger partial charge in [-0.25, -0.2) is 0 Å². The molecule has 0 aromatic heterocycles. The molecule has 5 heteroatoms. The van der Waals surface area contributed by atoms with Crippen LogP contribution in [0.15, 0.2) is 24.3 Å². The Morgan fingerprint density at radius 2 is 2.19 bits per heavy atom. The third-order valence-electron chi connectivity index (χ3n) is 4.11. The number of hydrogen-bond acceptors (Lipinski definition) is 3. The van der Waals surface area contributed by atoms with E-state index in [1.54, 1.807) is 12.1 Å². The van der Waals surface area contributed by atoms with E-state index in [1.807, 2.05) is 12.1 Å². The van der Waals surface area contributed by atoms with Crippen LogP contribution in [0.5, 0.6) is 5.75 Å².